The standard InChI is InChI=1S/C13H11NO3/c1-3-7-16-12-6-5-10(14)9-11(12)13(15)17-8-4-2/h1-2,5-6,9H,7-8,14H2. The summed E-state index contributed by atoms with van der Waals surface area (Å²) in [4.78, 5) is 11.6. The molecule has 4 nitrogen and oxygen atoms in total. The molecule has 0 bridgehead atoms. The molecule has 0 aliphatic rings. The molecule has 0 amide bonds. The van der Waals surface area contributed by atoms with Gasteiger partial charge in [-0.3, -0.25) is 0 Å². The average Bonchev–Trinajstić information content (AvgIpc) is 2.34. The summed E-state index contributed by atoms with van der Waals surface area (Å²) >= 11 is 0. The normalized spacial score (nSPS) is 8.82. The third-order valence-electron chi connectivity index (χ3n) is 1.82. The first-order valence-corrected chi connectivity index (χ1v) is 4.75. The summed E-state index contributed by atoms with van der Waals surface area (Å²) in [5, 5.41) is 0. The molecule has 0 aliphatic carbocycles. The van der Waals surface area contributed by atoms with Crippen LogP contribution in [0.4, 0.5) is 5.69 Å². The highest BCUT2D eigenvalue weighted by Crippen LogP contribution is 2.22. The molecule has 1 rings (SSSR count). The number of hydrogen-bond donors (Lipinski definition) is 1. The maximum absolute atomic E-state index is 11.6. The molecule has 0 heterocycles. The van der Waals surface area contributed by atoms with Crippen LogP contribution in [0.3, 0.4) is 0 Å². The fourth-order valence-corrected chi connectivity index (χ4v) is 1.14. The van der Waals surface area contributed by atoms with Crippen molar-refractivity contribution in [3.05, 3.63) is 23.8 Å². The second-order valence-electron chi connectivity index (χ2n) is 3.03. The van der Waals surface area contributed by atoms with Gasteiger partial charge in [0, 0.05) is 5.69 Å². The predicted octanol–water partition coefficient (Wildman–Crippen LogP) is 1.07. The summed E-state index contributed by atoms with van der Waals surface area (Å²) in [7, 11) is 0. The Labute approximate surface area is 99.7 Å². The quantitative estimate of drug-likeness (QED) is 0.476. The summed E-state index contributed by atoms with van der Waals surface area (Å²) in [6.45, 7) is -0.0540. The van der Waals surface area contributed by atoms with E-state index >= 15 is 0 Å². The summed E-state index contributed by atoms with van der Waals surface area (Å²) in [6.07, 6.45) is 10.1. The Balaban J connectivity index is 2.95. The number of rotatable bonds is 4. The van der Waals surface area contributed by atoms with Crippen molar-refractivity contribution in [2.45, 2.75) is 0 Å². The highest BCUT2D eigenvalue weighted by atomic mass is 16.5. The van der Waals surface area contributed by atoms with Gasteiger partial charge in [-0.25, -0.2) is 4.79 Å². The van der Waals surface area contributed by atoms with E-state index < -0.39 is 5.97 Å². The first kappa shape index (κ1) is 12.5. The van der Waals surface area contributed by atoms with Crippen LogP contribution in [0.15, 0.2) is 18.2 Å². The number of benzene rings is 1. The Bertz CT molecular complexity index is 494. The Morgan fingerprint density at radius 3 is 2.65 bits per heavy atom. The van der Waals surface area contributed by atoms with Gasteiger partial charge >= 0.3 is 5.97 Å². The van der Waals surface area contributed by atoms with Gasteiger partial charge in [-0.2, -0.15) is 0 Å². The lowest BCUT2D eigenvalue weighted by molar-refractivity contribution is 0.0552. The molecule has 0 aliphatic heterocycles. The van der Waals surface area contributed by atoms with Gasteiger partial charge in [0.1, 0.15) is 17.9 Å². The van der Waals surface area contributed by atoms with Gasteiger partial charge in [-0.05, 0) is 18.2 Å². The molecule has 17 heavy (non-hydrogen) atoms. The van der Waals surface area contributed by atoms with Crippen molar-refractivity contribution in [2.24, 2.45) is 0 Å². The molecule has 2 N–H and O–H groups in total. The lowest BCUT2D eigenvalue weighted by atomic mass is 10.2. The summed E-state index contributed by atoms with van der Waals surface area (Å²) in [5.74, 6) is 4.22. The zero-order valence-corrected chi connectivity index (χ0v) is 9.10. The maximum atomic E-state index is 11.6. The number of carbonyl (C=O) groups is 1. The molecule has 0 spiro atoms. The Morgan fingerprint density at radius 2 is 2.00 bits per heavy atom. The minimum Gasteiger partial charge on any atom is -0.480 e. The average molecular weight is 229 g/mol. The van der Waals surface area contributed by atoms with Crippen molar-refractivity contribution in [3.8, 4) is 30.4 Å². The number of hydrogen-bond acceptors (Lipinski definition) is 4. The van der Waals surface area contributed by atoms with Crippen LogP contribution < -0.4 is 10.5 Å². The van der Waals surface area contributed by atoms with Crippen molar-refractivity contribution >= 4 is 11.7 Å². The zero-order chi connectivity index (χ0) is 12.7. The van der Waals surface area contributed by atoms with E-state index in [1.807, 2.05) is 0 Å². The van der Waals surface area contributed by atoms with Gasteiger partial charge in [-0.1, -0.05) is 11.8 Å². The minimum atomic E-state index is -0.595. The van der Waals surface area contributed by atoms with Crippen molar-refractivity contribution in [1.29, 1.82) is 0 Å². The van der Waals surface area contributed by atoms with Crippen molar-refractivity contribution in [2.75, 3.05) is 18.9 Å². The molecule has 0 aromatic heterocycles. The smallest absolute Gasteiger partial charge is 0.342 e. The number of ether oxygens (including phenoxy) is 2. The van der Waals surface area contributed by atoms with Crippen LogP contribution in [0.5, 0.6) is 5.75 Å². The van der Waals surface area contributed by atoms with Crippen LogP contribution in [-0.4, -0.2) is 19.2 Å². The fraction of sp³-hybridized carbons (Fsp3) is 0.154. The van der Waals surface area contributed by atoms with E-state index in [0.29, 0.717) is 11.4 Å². The molecule has 0 unspecified atom stereocenters. The van der Waals surface area contributed by atoms with E-state index in [9.17, 15) is 4.79 Å². The first-order valence-electron chi connectivity index (χ1n) is 4.75. The highest BCUT2D eigenvalue weighted by molar-refractivity contribution is 5.93. The Hall–Kier alpha value is -2.59. The molecule has 1 aromatic carbocycles. The molecule has 86 valence electrons. The number of esters is 1. The number of nitrogens with two attached hydrogens (primary N) is 1. The van der Waals surface area contributed by atoms with E-state index in [0.717, 1.165) is 0 Å². The van der Waals surface area contributed by atoms with Crippen LogP contribution in [-0.2, 0) is 4.74 Å². The number of terminal acetylenes is 2. The predicted molar refractivity (Wildman–Crippen MR) is 64.3 cm³/mol. The molecular formula is C13H11NO3. The minimum absolute atomic E-state index is 0.0549. The second kappa shape index (κ2) is 6.09. The Kier molecular flexibility index (Phi) is 4.47. The van der Waals surface area contributed by atoms with Crippen molar-refractivity contribution in [1.82, 2.24) is 0 Å². The molecule has 0 radical (unpaired) electrons. The SMILES string of the molecule is C#CCOC(=O)c1cc(N)ccc1OCC#C. The Morgan fingerprint density at radius 1 is 1.29 bits per heavy atom. The van der Waals surface area contributed by atoms with Crippen LogP contribution >= 0.6 is 0 Å². The first-order chi connectivity index (χ1) is 8.19. The third kappa shape index (κ3) is 3.48. The van der Waals surface area contributed by atoms with E-state index in [1.165, 1.54) is 6.07 Å². The van der Waals surface area contributed by atoms with E-state index in [1.54, 1.807) is 12.1 Å². The van der Waals surface area contributed by atoms with Gasteiger partial charge in [0.05, 0.1) is 0 Å². The van der Waals surface area contributed by atoms with Crippen molar-refractivity contribution in [3.63, 3.8) is 0 Å². The number of anilines is 1. The van der Waals surface area contributed by atoms with Crippen LogP contribution in [0.2, 0.25) is 0 Å². The zero-order valence-electron chi connectivity index (χ0n) is 9.10. The van der Waals surface area contributed by atoms with Gasteiger partial charge in [0.15, 0.2) is 6.61 Å². The third-order valence-corrected chi connectivity index (χ3v) is 1.82. The number of nitrogen functional groups attached to an aromatic ring is 1. The van der Waals surface area contributed by atoms with E-state index in [4.69, 9.17) is 28.1 Å². The fourth-order valence-electron chi connectivity index (χ4n) is 1.14. The van der Waals surface area contributed by atoms with Gasteiger partial charge in [0.2, 0.25) is 0 Å². The lowest BCUT2D eigenvalue weighted by Crippen LogP contribution is -2.09. The highest BCUT2D eigenvalue weighted by Gasteiger charge is 2.14. The molecule has 0 atom stereocenters. The van der Waals surface area contributed by atoms with Crippen LogP contribution in [0.1, 0.15) is 10.4 Å². The van der Waals surface area contributed by atoms with Crippen LogP contribution in [0.25, 0.3) is 0 Å². The monoisotopic (exact) mass is 229 g/mol. The van der Waals surface area contributed by atoms with Gasteiger partial charge < -0.3 is 15.2 Å². The topological polar surface area (TPSA) is 61.5 Å². The van der Waals surface area contributed by atoms with Gasteiger partial charge in [-0.15, -0.1) is 12.8 Å². The van der Waals surface area contributed by atoms with Crippen LogP contribution in [0, 0.1) is 24.7 Å². The molecule has 0 saturated heterocycles. The summed E-state index contributed by atoms with van der Waals surface area (Å²) < 4.78 is 9.99. The largest absolute Gasteiger partial charge is 0.480 e. The second-order valence-corrected chi connectivity index (χ2v) is 3.03. The van der Waals surface area contributed by atoms with E-state index in [-0.39, 0.29) is 18.8 Å². The molecule has 4 heteroatoms. The summed E-state index contributed by atoms with van der Waals surface area (Å²) in [6, 6.07) is 4.60. The van der Waals surface area contributed by atoms with E-state index in [2.05, 4.69) is 11.8 Å². The number of carbonyl (C=O) groups excluding carboxylic acids is 1. The maximum Gasteiger partial charge on any atom is 0.342 e. The lowest BCUT2D eigenvalue weighted by Gasteiger charge is -2.09. The van der Waals surface area contributed by atoms with Gasteiger partial charge in [0.25, 0.3) is 0 Å². The van der Waals surface area contributed by atoms with Crippen molar-refractivity contribution < 1.29 is 14.3 Å². The molecule has 0 fully saturated rings. The molecule has 0 saturated carbocycles. The summed E-state index contributed by atoms with van der Waals surface area (Å²) in [5.41, 5.74) is 6.20. The molecule has 1 aromatic rings. The molecular weight excluding hydrogens is 218 g/mol.